The van der Waals surface area contributed by atoms with Gasteiger partial charge in [0, 0.05) is 18.3 Å². The van der Waals surface area contributed by atoms with E-state index < -0.39 is 14.0 Å². The van der Waals surface area contributed by atoms with Crippen LogP contribution in [0.2, 0.25) is 25.7 Å². The fourth-order valence-corrected chi connectivity index (χ4v) is 3.60. The number of esters is 1. The monoisotopic (exact) mass is 502 g/mol. The number of rotatable bonds is 9. The predicted octanol–water partition coefficient (Wildman–Crippen LogP) is 5.08. The molecule has 0 amide bonds. The molecule has 0 aliphatic carbocycles. The Bertz CT molecular complexity index is 787. The van der Waals surface area contributed by atoms with E-state index in [1.165, 1.54) is 0 Å². The lowest BCUT2D eigenvalue weighted by molar-refractivity contribution is 0.0521. The van der Waals surface area contributed by atoms with E-state index in [1.807, 2.05) is 31.2 Å². The van der Waals surface area contributed by atoms with Gasteiger partial charge in [-0.2, -0.15) is 0 Å². The standard InChI is InChI=1S/C19H27IN2O4Si/c1-6-25-19(23)17-14(2)22(13-24-10-11-27(3,4)5)21-18(17)26-16-9-7-8-15(20)12-16/h7-9,12H,6,10-11,13H2,1-5H3. The zero-order chi connectivity index (χ0) is 20.0. The Morgan fingerprint density at radius 3 is 2.67 bits per heavy atom. The number of benzene rings is 1. The van der Waals surface area contributed by atoms with Gasteiger partial charge in [-0.15, -0.1) is 5.10 Å². The number of hydrogen-bond acceptors (Lipinski definition) is 5. The summed E-state index contributed by atoms with van der Waals surface area (Å²) in [6, 6.07) is 8.65. The average Bonchev–Trinajstić information content (AvgIpc) is 2.86. The molecule has 1 heterocycles. The van der Waals surface area contributed by atoms with Gasteiger partial charge in [0.15, 0.2) is 0 Å². The molecule has 0 spiro atoms. The Labute approximate surface area is 175 Å². The zero-order valence-corrected chi connectivity index (χ0v) is 19.7. The lowest BCUT2D eigenvalue weighted by Gasteiger charge is -2.15. The smallest absolute Gasteiger partial charge is 0.345 e. The molecule has 1 aromatic carbocycles. The highest BCUT2D eigenvalue weighted by atomic mass is 127. The van der Waals surface area contributed by atoms with E-state index >= 15 is 0 Å². The molecule has 0 aliphatic heterocycles. The third kappa shape index (κ3) is 6.61. The molecular weight excluding hydrogens is 475 g/mol. The Hall–Kier alpha value is -1.39. The fourth-order valence-electron chi connectivity index (χ4n) is 2.33. The summed E-state index contributed by atoms with van der Waals surface area (Å²) in [4.78, 5) is 12.4. The van der Waals surface area contributed by atoms with Gasteiger partial charge < -0.3 is 14.2 Å². The third-order valence-electron chi connectivity index (χ3n) is 3.87. The van der Waals surface area contributed by atoms with E-state index in [0.29, 0.717) is 30.2 Å². The van der Waals surface area contributed by atoms with Gasteiger partial charge in [-0.1, -0.05) is 25.7 Å². The second kappa shape index (κ2) is 9.70. The molecule has 148 valence electrons. The SMILES string of the molecule is CCOC(=O)c1c(Oc2cccc(I)c2)nn(COCC[Si](C)(C)C)c1C. The van der Waals surface area contributed by atoms with Gasteiger partial charge in [-0.25, -0.2) is 9.48 Å². The summed E-state index contributed by atoms with van der Waals surface area (Å²) in [5.41, 5.74) is 1.01. The number of halogens is 1. The number of carbonyl (C=O) groups is 1. The first-order valence-electron chi connectivity index (χ1n) is 8.97. The van der Waals surface area contributed by atoms with Crippen molar-refractivity contribution in [2.24, 2.45) is 0 Å². The van der Waals surface area contributed by atoms with E-state index in [0.717, 1.165) is 9.61 Å². The second-order valence-corrected chi connectivity index (χ2v) is 14.3. The molecule has 1 aromatic heterocycles. The van der Waals surface area contributed by atoms with Gasteiger partial charge in [0.05, 0.1) is 12.3 Å². The molecule has 6 nitrogen and oxygen atoms in total. The quantitative estimate of drug-likeness (QED) is 0.207. The van der Waals surface area contributed by atoms with Gasteiger partial charge in [-0.3, -0.25) is 0 Å². The van der Waals surface area contributed by atoms with Crippen molar-refractivity contribution in [3.05, 3.63) is 39.1 Å². The summed E-state index contributed by atoms with van der Waals surface area (Å²) in [5.74, 6) is 0.419. The normalized spacial score (nSPS) is 11.5. The van der Waals surface area contributed by atoms with Crippen LogP contribution in [0.5, 0.6) is 11.6 Å². The van der Waals surface area contributed by atoms with Gasteiger partial charge in [0.2, 0.25) is 0 Å². The molecule has 0 radical (unpaired) electrons. The highest BCUT2D eigenvalue weighted by Crippen LogP contribution is 2.28. The van der Waals surface area contributed by atoms with Gasteiger partial charge in [0.1, 0.15) is 18.0 Å². The minimum Gasteiger partial charge on any atom is -0.462 e. The van der Waals surface area contributed by atoms with Crippen LogP contribution in [0.4, 0.5) is 0 Å². The maximum absolute atomic E-state index is 12.4. The summed E-state index contributed by atoms with van der Waals surface area (Å²) < 4.78 is 19.5. The van der Waals surface area contributed by atoms with E-state index in [4.69, 9.17) is 14.2 Å². The second-order valence-electron chi connectivity index (χ2n) is 7.39. The third-order valence-corrected chi connectivity index (χ3v) is 6.25. The summed E-state index contributed by atoms with van der Waals surface area (Å²) >= 11 is 2.21. The Morgan fingerprint density at radius 2 is 2.04 bits per heavy atom. The van der Waals surface area contributed by atoms with E-state index in [9.17, 15) is 4.79 Å². The van der Waals surface area contributed by atoms with E-state index in [2.05, 4.69) is 47.3 Å². The highest BCUT2D eigenvalue weighted by molar-refractivity contribution is 14.1. The summed E-state index contributed by atoms with van der Waals surface area (Å²) in [6.07, 6.45) is 0. The van der Waals surface area contributed by atoms with Crippen molar-refractivity contribution in [2.75, 3.05) is 13.2 Å². The molecule has 0 N–H and O–H groups in total. The van der Waals surface area contributed by atoms with Crippen LogP contribution in [0, 0.1) is 10.5 Å². The van der Waals surface area contributed by atoms with Crippen molar-refractivity contribution in [2.45, 2.75) is 46.3 Å². The van der Waals surface area contributed by atoms with Gasteiger partial charge in [0.25, 0.3) is 5.88 Å². The van der Waals surface area contributed by atoms with Gasteiger partial charge >= 0.3 is 5.97 Å². The van der Waals surface area contributed by atoms with Crippen LogP contribution in [0.15, 0.2) is 24.3 Å². The Kier molecular flexibility index (Phi) is 7.87. The van der Waals surface area contributed by atoms with Gasteiger partial charge in [-0.05, 0) is 60.7 Å². The van der Waals surface area contributed by atoms with Crippen molar-refractivity contribution in [1.82, 2.24) is 9.78 Å². The van der Waals surface area contributed by atoms with Crippen LogP contribution in [-0.2, 0) is 16.2 Å². The molecule has 27 heavy (non-hydrogen) atoms. The van der Waals surface area contributed by atoms with Crippen molar-refractivity contribution in [3.63, 3.8) is 0 Å². The largest absolute Gasteiger partial charge is 0.462 e. The molecule has 0 aliphatic rings. The van der Waals surface area contributed by atoms with Crippen molar-refractivity contribution < 1.29 is 19.0 Å². The summed E-state index contributed by atoms with van der Waals surface area (Å²) in [5, 5.41) is 4.45. The highest BCUT2D eigenvalue weighted by Gasteiger charge is 2.24. The minimum absolute atomic E-state index is 0.238. The maximum atomic E-state index is 12.4. The Morgan fingerprint density at radius 1 is 1.30 bits per heavy atom. The van der Waals surface area contributed by atoms with Crippen LogP contribution in [0.3, 0.4) is 0 Å². The summed E-state index contributed by atoms with van der Waals surface area (Å²) in [7, 11) is -1.15. The molecule has 0 saturated carbocycles. The lowest BCUT2D eigenvalue weighted by atomic mass is 10.2. The number of aromatic nitrogens is 2. The molecular formula is C19H27IN2O4Si. The summed E-state index contributed by atoms with van der Waals surface area (Å²) in [6.45, 7) is 11.8. The molecule has 2 aromatic rings. The number of hydrogen-bond donors (Lipinski definition) is 0. The van der Waals surface area contributed by atoms with E-state index in [1.54, 1.807) is 11.6 Å². The maximum Gasteiger partial charge on any atom is 0.345 e. The number of nitrogens with zero attached hydrogens (tertiary/aromatic N) is 2. The fraction of sp³-hybridized carbons (Fsp3) is 0.474. The molecule has 0 fully saturated rings. The zero-order valence-electron chi connectivity index (χ0n) is 16.5. The van der Waals surface area contributed by atoms with Crippen LogP contribution in [0.1, 0.15) is 23.0 Å². The molecule has 0 bridgehead atoms. The molecule has 0 saturated heterocycles. The van der Waals surface area contributed by atoms with Crippen LogP contribution >= 0.6 is 22.6 Å². The minimum atomic E-state index is -1.15. The van der Waals surface area contributed by atoms with E-state index in [-0.39, 0.29) is 12.6 Å². The Balaban J connectivity index is 2.21. The number of carbonyl (C=O) groups excluding carboxylic acids is 1. The van der Waals surface area contributed by atoms with Crippen LogP contribution < -0.4 is 4.74 Å². The number of ether oxygens (including phenoxy) is 3. The first kappa shape index (κ1) is 21.9. The molecule has 8 heteroatoms. The predicted molar refractivity (Wildman–Crippen MR) is 116 cm³/mol. The molecule has 0 atom stereocenters. The van der Waals surface area contributed by atoms with Crippen molar-refractivity contribution in [1.29, 1.82) is 0 Å². The lowest BCUT2D eigenvalue weighted by Crippen LogP contribution is -2.22. The van der Waals surface area contributed by atoms with Crippen molar-refractivity contribution in [3.8, 4) is 11.6 Å². The van der Waals surface area contributed by atoms with Crippen molar-refractivity contribution >= 4 is 36.6 Å². The van der Waals surface area contributed by atoms with Crippen LogP contribution in [0.25, 0.3) is 0 Å². The van der Waals surface area contributed by atoms with Crippen LogP contribution in [-0.4, -0.2) is 37.0 Å². The topological polar surface area (TPSA) is 62.6 Å². The first-order valence-corrected chi connectivity index (χ1v) is 13.8. The average molecular weight is 502 g/mol. The molecule has 0 unspecified atom stereocenters. The first-order chi connectivity index (χ1) is 12.7. The molecule has 2 rings (SSSR count).